The van der Waals surface area contributed by atoms with E-state index < -0.39 is 0 Å². The third kappa shape index (κ3) is 7.55. The summed E-state index contributed by atoms with van der Waals surface area (Å²) >= 11 is 0. The van der Waals surface area contributed by atoms with Gasteiger partial charge in [-0.2, -0.15) is 0 Å². The predicted molar refractivity (Wildman–Crippen MR) is 117 cm³/mol. The second-order valence-corrected chi connectivity index (χ2v) is 7.59. The Bertz CT molecular complexity index is 752. The van der Waals surface area contributed by atoms with Gasteiger partial charge in [-0.1, -0.05) is 23.8 Å². The van der Waals surface area contributed by atoms with Crippen LogP contribution in [0.2, 0.25) is 0 Å². The van der Waals surface area contributed by atoms with Gasteiger partial charge in [-0.25, -0.2) is 4.99 Å². The van der Waals surface area contributed by atoms with Crippen LogP contribution in [0.15, 0.2) is 46.0 Å². The van der Waals surface area contributed by atoms with E-state index in [9.17, 15) is 0 Å². The quantitative estimate of drug-likeness (QED) is 0.386. The van der Waals surface area contributed by atoms with E-state index in [1.54, 1.807) is 6.26 Å². The molecule has 0 spiro atoms. The maximum atomic E-state index is 5.42. The van der Waals surface area contributed by atoms with Gasteiger partial charge in [0.15, 0.2) is 5.96 Å². The van der Waals surface area contributed by atoms with Gasteiger partial charge >= 0.3 is 0 Å². The number of hydrogen-bond acceptors (Lipinski definition) is 4. The molecule has 1 aliphatic rings. The Balaban J connectivity index is 1.49. The van der Waals surface area contributed by atoms with Crippen LogP contribution in [-0.4, -0.2) is 56.8 Å². The summed E-state index contributed by atoms with van der Waals surface area (Å²) in [6.45, 7) is 11.5. The fourth-order valence-corrected chi connectivity index (χ4v) is 3.45. The number of nitrogens with zero attached hydrogens (tertiary/aromatic N) is 2. The Morgan fingerprint density at radius 2 is 1.93 bits per heavy atom. The van der Waals surface area contributed by atoms with Crippen LogP contribution in [-0.2, 0) is 17.7 Å². The molecule has 6 heteroatoms. The number of furan rings is 1. The number of hydrogen-bond donors (Lipinski definition) is 2. The minimum atomic E-state index is 0.672. The van der Waals surface area contributed by atoms with Crippen LogP contribution in [0.3, 0.4) is 0 Å². The van der Waals surface area contributed by atoms with Gasteiger partial charge in [0.2, 0.25) is 0 Å². The van der Waals surface area contributed by atoms with Gasteiger partial charge in [-0.05, 0) is 50.1 Å². The normalized spacial score (nSPS) is 15.4. The molecule has 2 aromatic rings. The van der Waals surface area contributed by atoms with E-state index >= 15 is 0 Å². The lowest BCUT2D eigenvalue weighted by Gasteiger charge is -2.26. The van der Waals surface area contributed by atoms with Crippen molar-refractivity contribution in [2.75, 3.05) is 45.9 Å². The molecule has 1 saturated heterocycles. The summed E-state index contributed by atoms with van der Waals surface area (Å²) in [5.74, 6) is 1.84. The fourth-order valence-electron chi connectivity index (χ4n) is 3.45. The molecule has 29 heavy (non-hydrogen) atoms. The number of guanidine groups is 1. The molecule has 0 amide bonds. The van der Waals surface area contributed by atoms with E-state index in [0.29, 0.717) is 6.54 Å². The minimum absolute atomic E-state index is 0.672. The highest BCUT2D eigenvalue weighted by molar-refractivity contribution is 5.79. The molecule has 1 fully saturated rings. The summed E-state index contributed by atoms with van der Waals surface area (Å²) < 4.78 is 10.8. The maximum Gasteiger partial charge on any atom is 0.191 e. The lowest BCUT2D eigenvalue weighted by molar-refractivity contribution is 0.0376. The second-order valence-electron chi connectivity index (χ2n) is 7.59. The van der Waals surface area contributed by atoms with Crippen LogP contribution in [0.25, 0.3) is 0 Å². The SMILES string of the molecule is Cc1ccc(CN=C(NCCCN2CCOCC2)NCCc2ccco2)c(C)c1. The highest BCUT2D eigenvalue weighted by Gasteiger charge is 2.09. The second kappa shape index (κ2) is 11.6. The number of nitrogens with one attached hydrogen (secondary N) is 2. The largest absolute Gasteiger partial charge is 0.469 e. The molecule has 2 N–H and O–H groups in total. The molecule has 0 aliphatic carbocycles. The molecule has 0 saturated carbocycles. The molecule has 0 unspecified atom stereocenters. The number of ether oxygens (including phenoxy) is 1. The first-order valence-electron chi connectivity index (χ1n) is 10.6. The van der Waals surface area contributed by atoms with Crippen molar-refractivity contribution in [2.24, 2.45) is 4.99 Å². The molecule has 3 rings (SSSR count). The first-order valence-corrected chi connectivity index (χ1v) is 10.6. The molecular weight excluding hydrogens is 364 g/mol. The first-order chi connectivity index (χ1) is 14.2. The smallest absolute Gasteiger partial charge is 0.191 e. The Morgan fingerprint density at radius 3 is 2.69 bits per heavy atom. The zero-order chi connectivity index (χ0) is 20.3. The standard InChI is InChI=1S/C23H34N4O2/c1-19-6-7-21(20(2)17-19)18-26-23(25-10-8-22-5-3-14-29-22)24-9-4-11-27-12-15-28-16-13-27/h3,5-7,14,17H,4,8-13,15-16,18H2,1-2H3,(H2,24,25,26). The van der Waals surface area contributed by atoms with E-state index in [-0.39, 0.29) is 0 Å². The Kier molecular flexibility index (Phi) is 8.58. The van der Waals surface area contributed by atoms with Crippen LogP contribution in [0, 0.1) is 13.8 Å². The van der Waals surface area contributed by atoms with E-state index in [1.807, 2.05) is 12.1 Å². The summed E-state index contributed by atoms with van der Waals surface area (Å²) in [4.78, 5) is 7.28. The molecular formula is C23H34N4O2. The van der Waals surface area contributed by atoms with Crippen LogP contribution < -0.4 is 10.6 Å². The van der Waals surface area contributed by atoms with Gasteiger partial charge < -0.3 is 19.8 Å². The molecule has 2 heterocycles. The molecule has 0 bridgehead atoms. The molecule has 1 aromatic heterocycles. The van der Waals surface area contributed by atoms with Gasteiger partial charge in [0.1, 0.15) is 5.76 Å². The zero-order valence-corrected chi connectivity index (χ0v) is 17.7. The van der Waals surface area contributed by atoms with Crippen molar-refractivity contribution in [3.05, 3.63) is 59.0 Å². The van der Waals surface area contributed by atoms with Gasteiger partial charge in [0.05, 0.1) is 26.0 Å². The van der Waals surface area contributed by atoms with E-state index in [1.165, 1.54) is 16.7 Å². The summed E-state index contributed by atoms with van der Waals surface area (Å²) in [5, 5.41) is 6.93. The third-order valence-electron chi connectivity index (χ3n) is 5.20. The van der Waals surface area contributed by atoms with Gasteiger partial charge in [-0.3, -0.25) is 4.90 Å². The number of aliphatic imine (C=N–C) groups is 1. The lowest BCUT2D eigenvalue weighted by atomic mass is 10.1. The van der Waals surface area contributed by atoms with Crippen molar-refractivity contribution in [1.82, 2.24) is 15.5 Å². The monoisotopic (exact) mass is 398 g/mol. The van der Waals surface area contributed by atoms with Crippen molar-refractivity contribution < 1.29 is 9.15 Å². The van der Waals surface area contributed by atoms with Crippen molar-refractivity contribution >= 4 is 5.96 Å². The van der Waals surface area contributed by atoms with Crippen molar-refractivity contribution in [2.45, 2.75) is 33.2 Å². The van der Waals surface area contributed by atoms with Gasteiger partial charge in [-0.15, -0.1) is 0 Å². The van der Waals surface area contributed by atoms with E-state index in [2.05, 4.69) is 47.6 Å². The number of benzene rings is 1. The molecule has 1 aromatic carbocycles. The van der Waals surface area contributed by atoms with Crippen molar-refractivity contribution in [3.63, 3.8) is 0 Å². The van der Waals surface area contributed by atoms with Gasteiger partial charge in [0, 0.05) is 32.6 Å². The topological polar surface area (TPSA) is 62.0 Å². The van der Waals surface area contributed by atoms with E-state index in [0.717, 1.165) is 70.5 Å². The number of morpholine rings is 1. The maximum absolute atomic E-state index is 5.42. The Hall–Kier alpha value is -2.31. The Morgan fingerprint density at radius 1 is 1.10 bits per heavy atom. The Labute approximate surface area is 174 Å². The van der Waals surface area contributed by atoms with Crippen LogP contribution >= 0.6 is 0 Å². The molecule has 1 aliphatic heterocycles. The van der Waals surface area contributed by atoms with Crippen LogP contribution in [0.1, 0.15) is 28.9 Å². The average molecular weight is 399 g/mol. The molecule has 158 valence electrons. The summed E-state index contributed by atoms with van der Waals surface area (Å²) in [5.41, 5.74) is 3.83. The highest BCUT2D eigenvalue weighted by atomic mass is 16.5. The number of rotatable bonds is 9. The molecule has 0 radical (unpaired) electrons. The van der Waals surface area contributed by atoms with Crippen LogP contribution in [0.4, 0.5) is 0 Å². The van der Waals surface area contributed by atoms with E-state index in [4.69, 9.17) is 14.1 Å². The summed E-state index contributed by atoms with van der Waals surface area (Å²) in [6.07, 6.45) is 3.64. The zero-order valence-electron chi connectivity index (χ0n) is 17.7. The highest BCUT2D eigenvalue weighted by Crippen LogP contribution is 2.11. The number of aryl methyl sites for hydroxylation is 2. The summed E-state index contributed by atoms with van der Waals surface area (Å²) in [7, 11) is 0. The average Bonchev–Trinajstić information content (AvgIpc) is 3.24. The molecule has 6 nitrogen and oxygen atoms in total. The predicted octanol–water partition coefficient (Wildman–Crippen LogP) is 2.90. The van der Waals surface area contributed by atoms with Crippen molar-refractivity contribution in [3.8, 4) is 0 Å². The fraction of sp³-hybridized carbons (Fsp3) is 0.522. The summed E-state index contributed by atoms with van der Waals surface area (Å²) in [6, 6.07) is 10.5. The van der Waals surface area contributed by atoms with Crippen molar-refractivity contribution in [1.29, 1.82) is 0 Å². The van der Waals surface area contributed by atoms with Gasteiger partial charge in [0.25, 0.3) is 0 Å². The first kappa shape index (κ1) is 21.4. The van der Waals surface area contributed by atoms with Crippen LogP contribution in [0.5, 0.6) is 0 Å². The third-order valence-corrected chi connectivity index (χ3v) is 5.20. The minimum Gasteiger partial charge on any atom is -0.469 e. The molecule has 0 atom stereocenters. The lowest BCUT2D eigenvalue weighted by Crippen LogP contribution is -2.41.